The van der Waals surface area contributed by atoms with E-state index in [1.54, 1.807) is 50.2 Å². The highest BCUT2D eigenvalue weighted by molar-refractivity contribution is 8.00. The van der Waals surface area contributed by atoms with Crippen molar-refractivity contribution in [3.8, 4) is 0 Å². The molecule has 0 radical (unpaired) electrons. The van der Waals surface area contributed by atoms with Gasteiger partial charge in [-0.15, -0.1) is 11.8 Å². The molecule has 1 saturated carbocycles. The molecule has 1 aromatic rings. The Hall–Kier alpha value is -7.23. The van der Waals surface area contributed by atoms with Crippen LogP contribution in [0.25, 0.3) is 0 Å². The minimum atomic E-state index is -1.07. The summed E-state index contributed by atoms with van der Waals surface area (Å²) in [6.45, 7) is 18.3. The molecule has 4 aliphatic rings. The van der Waals surface area contributed by atoms with Crippen LogP contribution in [0.5, 0.6) is 0 Å². The van der Waals surface area contributed by atoms with Gasteiger partial charge in [-0.25, -0.2) is 9.18 Å². The number of Topliss-reactive ketones (excluding diaryl/α,β-unsaturated/α-hetero) is 4. The Morgan fingerprint density at radius 2 is 1.41 bits per heavy atom. The van der Waals surface area contributed by atoms with Crippen molar-refractivity contribution >= 4 is 88.3 Å². The molecule has 1 unspecified atom stereocenters. The minimum Gasteiger partial charge on any atom is -0.429 e. The number of hydrogen-bond acceptors (Lipinski definition) is 19. The van der Waals surface area contributed by atoms with Crippen LogP contribution in [0, 0.1) is 46.8 Å². The van der Waals surface area contributed by atoms with E-state index in [9.17, 15) is 61.9 Å². The number of nitrogens with zero attached hydrogens (tertiary/aromatic N) is 4. The third-order valence-corrected chi connectivity index (χ3v) is 23.4. The van der Waals surface area contributed by atoms with Gasteiger partial charge in [0.1, 0.15) is 24.3 Å². The van der Waals surface area contributed by atoms with E-state index in [4.69, 9.17) is 24.7 Å². The van der Waals surface area contributed by atoms with Gasteiger partial charge in [-0.2, -0.15) is 0 Å². The van der Waals surface area contributed by atoms with Crippen LogP contribution in [0.15, 0.2) is 47.8 Å². The number of halogens is 1. The topological polar surface area (TPSA) is 334 Å². The van der Waals surface area contributed by atoms with Crippen LogP contribution in [0.3, 0.4) is 0 Å². The quantitative estimate of drug-likeness (QED) is 0.0269. The van der Waals surface area contributed by atoms with Crippen LogP contribution in [0.1, 0.15) is 202 Å². The number of carbonyl (C=O) groups is 13. The van der Waals surface area contributed by atoms with Crippen LogP contribution < -0.4 is 21.7 Å². The number of thioether (sulfide) groups is 1. The normalized spacial score (nSPS) is 19.9. The van der Waals surface area contributed by atoms with Gasteiger partial charge in [0.2, 0.25) is 47.3 Å². The molecule has 2 aliphatic carbocycles. The lowest BCUT2D eigenvalue weighted by Crippen LogP contribution is -2.55. The molecule has 5 rings (SSSR count). The van der Waals surface area contributed by atoms with Gasteiger partial charge in [0.15, 0.2) is 17.3 Å². The largest absolute Gasteiger partial charge is 0.508 e. The van der Waals surface area contributed by atoms with Gasteiger partial charge in [0.05, 0.1) is 66.6 Å². The molecule has 1 aromatic carbocycles. The first-order valence-electron chi connectivity index (χ1n) is 38.4. The smallest absolute Gasteiger partial charge is 0.429 e. The third-order valence-electron chi connectivity index (χ3n) is 21.9. The Morgan fingerprint density at radius 3 is 1.98 bits per heavy atom. The molecule has 5 N–H and O–H groups in total. The number of benzene rings is 1. The number of ether oxygens (including phenoxy) is 4. The molecule has 0 spiro atoms. The van der Waals surface area contributed by atoms with Crippen LogP contribution >= 0.6 is 11.8 Å². The van der Waals surface area contributed by atoms with Crippen molar-refractivity contribution < 1.29 is 85.7 Å². The van der Waals surface area contributed by atoms with Crippen molar-refractivity contribution in [1.29, 1.82) is 0 Å². The lowest BCUT2D eigenvalue weighted by Gasteiger charge is -2.41. The van der Waals surface area contributed by atoms with Gasteiger partial charge in [-0.3, -0.25) is 67.3 Å². The maximum absolute atomic E-state index is 15.1. The van der Waals surface area contributed by atoms with Crippen LogP contribution in [0.2, 0.25) is 0 Å². The number of ketones is 4. The third kappa shape index (κ3) is 27.1. The number of unbranched alkanes of at least 4 members (excludes halogenated alkanes) is 3. The molecule has 107 heavy (non-hydrogen) atoms. The first-order valence-corrected chi connectivity index (χ1v) is 39.5. The Morgan fingerprint density at radius 1 is 0.757 bits per heavy atom. The number of carbonyl (C=O) groups excluding carboxylic acids is 13. The summed E-state index contributed by atoms with van der Waals surface area (Å²) >= 11 is 1.45. The number of imide groups is 1. The van der Waals surface area contributed by atoms with E-state index in [1.165, 1.54) is 54.9 Å². The molecule has 2 aliphatic heterocycles. The molecule has 0 aromatic heterocycles. The number of amides is 8. The SMILES string of the molecule is CC[C@H](C)[C@@H]([C@@H](CC(=O)N1C[C@@H](OC(=O)OCc2ccc(CC(=O)[C@H](CCCCC(N)=O)NC(=O)[C@@H](CC(=O)CCCCCN3C(=O)CC(SCC4(CC(=O)NC)CC4)C3=O)C(C)C)cc2)C[C@H]1[C@H](OC)[C@@H](C)C(=O)N[C@@H](C)C(=O)C1=CC=C(F)CC1)OC)N(C)C(=O)[C@@H](CC(=O)[C@H](C(C)C)N(C)C)C(C)C. The molecular formula is C80H123FN8O17S. The molecule has 13 atom stereocenters. The van der Waals surface area contributed by atoms with Crippen molar-refractivity contribution in [2.24, 2.45) is 52.6 Å². The average molecular weight is 1520 g/mol. The maximum atomic E-state index is 15.1. The zero-order chi connectivity index (χ0) is 79.7. The standard InChI is InChI=1S/C80H123FN8O17S/c1-17-50(8)72(87(14)77(100)60(48(4)5)40-64(92)71(49(6)7)86(12)13)65(103-15)41-69(95)89-44-58(39-62(89)74(104-16)51(9)75(98)84-52(10)73(97)55-30-32-56(81)33-31-55)106-79(102)105-45-54-28-26-53(27-29-54)37-63(91)61(24-20-21-25-67(82)93)85-76(99)59(47(2)3)38-57(90)23-19-18-22-36-88-70(96)42-66(78(88)101)107-46-80(34-35-80)43-68(94)83-11/h26-30,32,47-52,58-62,65-66,71-72,74H,17-25,31,33-46H2,1-16H3,(H2,82,93)(H,83,94)(H,84,98)(H,85,99)/t50-,51+,52-,58-,59-,60-,61-,62-,65+,66?,71-,72-,74+/m0/s1. The predicted octanol–water partition coefficient (Wildman–Crippen LogP) is 8.91. The molecule has 25 nitrogen and oxygen atoms in total. The van der Waals surface area contributed by atoms with Crippen molar-refractivity contribution in [3.63, 3.8) is 0 Å². The average Bonchev–Trinajstić information content (AvgIpc) is 1.63. The summed E-state index contributed by atoms with van der Waals surface area (Å²) in [6.07, 6.45) is 4.28. The van der Waals surface area contributed by atoms with Crippen molar-refractivity contribution in [2.45, 2.75) is 258 Å². The van der Waals surface area contributed by atoms with Gasteiger partial charge in [-0.1, -0.05) is 112 Å². The van der Waals surface area contributed by atoms with E-state index in [-0.39, 0.29) is 172 Å². The summed E-state index contributed by atoms with van der Waals surface area (Å²) in [6, 6.07) is 2.79. The zero-order valence-electron chi connectivity index (χ0n) is 66.3. The van der Waals surface area contributed by atoms with Gasteiger partial charge < -0.3 is 50.4 Å². The number of rotatable bonds is 48. The lowest BCUT2D eigenvalue weighted by atomic mass is 9.83. The first kappa shape index (κ1) is 90.4. The van der Waals surface area contributed by atoms with E-state index in [1.807, 2.05) is 74.4 Å². The number of nitrogens with two attached hydrogens (primary N) is 1. The Labute approximate surface area is 637 Å². The summed E-state index contributed by atoms with van der Waals surface area (Å²) in [4.78, 5) is 183. The van der Waals surface area contributed by atoms with E-state index < -0.39 is 101 Å². The number of nitrogens with one attached hydrogen (secondary N) is 3. The van der Waals surface area contributed by atoms with Crippen molar-refractivity contribution in [2.75, 3.05) is 61.3 Å². The van der Waals surface area contributed by atoms with Crippen LogP contribution in [-0.2, 0) is 89.5 Å². The van der Waals surface area contributed by atoms with Crippen molar-refractivity contribution in [1.82, 2.24) is 35.6 Å². The molecule has 598 valence electrons. The highest BCUT2D eigenvalue weighted by Gasteiger charge is 2.49. The second-order valence-electron chi connectivity index (χ2n) is 31.4. The second kappa shape index (κ2) is 43.2. The van der Waals surface area contributed by atoms with E-state index >= 15 is 4.79 Å². The molecule has 2 heterocycles. The highest BCUT2D eigenvalue weighted by Crippen LogP contribution is 2.52. The summed E-state index contributed by atoms with van der Waals surface area (Å²) in [7, 11) is 9.81. The number of likely N-dealkylation sites (N-methyl/N-ethyl adjacent to an activating group) is 2. The predicted molar refractivity (Wildman–Crippen MR) is 405 cm³/mol. The second-order valence-corrected chi connectivity index (χ2v) is 32.6. The molecule has 3 fully saturated rings. The number of hydrogen-bond donors (Lipinski definition) is 4. The number of methoxy groups -OCH3 is 2. The van der Waals surface area contributed by atoms with E-state index in [2.05, 4.69) is 16.0 Å². The fourth-order valence-electron chi connectivity index (χ4n) is 15.0. The van der Waals surface area contributed by atoms with Crippen LogP contribution in [0.4, 0.5) is 9.18 Å². The fourth-order valence-corrected chi connectivity index (χ4v) is 16.5. The Bertz CT molecular complexity index is 3310. The number of likely N-dealkylation sites (tertiary alicyclic amines) is 2. The van der Waals surface area contributed by atoms with Gasteiger partial charge in [0, 0.05) is 110 Å². The van der Waals surface area contributed by atoms with E-state index in [0.29, 0.717) is 67.4 Å². The first-order chi connectivity index (χ1) is 50.5. The van der Waals surface area contributed by atoms with Gasteiger partial charge in [-0.05, 0) is 118 Å². The van der Waals surface area contributed by atoms with Gasteiger partial charge in [0.25, 0.3) is 0 Å². The summed E-state index contributed by atoms with van der Waals surface area (Å²) < 4.78 is 37.7. The molecule has 27 heteroatoms. The summed E-state index contributed by atoms with van der Waals surface area (Å²) in [5, 5.41) is 7.88. The fraction of sp³-hybridized carbons (Fsp3) is 0.713. The summed E-state index contributed by atoms with van der Waals surface area (Å²) in [5.74, 6) is -6.42. The Kier molecular flexibility index (Phi) is 36.5. The minimum absolute atomic E-state index is 0.00200. The summed E-state index contributed by atoms with van der Waals surface area (Å²) in [5.41, 5.74) is 6.76. The molecule has 0 bridgehead atoms. The maximum Gasteiger partial charge on any atom is 0.508 e. The molecule has 8 amide bonds. The van der Waals surface area contributed by atoms with E-state index in [0.717, 1.165) is 12.8 Å². The molecular weight excluding hydrogens is 1400 g/mol. The number of allylic oxidation sites excluding steroid dienone is 3. The lowest BCUT2D eigenvalue weighted by molar-refractivity contribution is -0.149. The number of primary amides is 1. The van der Waals surface area contributed by atoms with Crippen LogP contribution in [-0.4, -0.2) is 211 Å². The highest BCUT2D eigenvalue weighted by atomic mass is 32.2. The monoisotopic (exact) mass is 1520 g/mol. The van der Waals surface area contributed by atoms with Crippen molar-refractivity contribution in [3.05, 3.63) is 58.9 Å². The molecule has 2 saturated heterocycles. The van der Waals surface area contributed by atoms with Gasteiger partial charge >= 0.3 is 6.16 Å². The Balaban J connectivity index is 1.24. The zero-order valence-corrected chi connectivity index (χ0v) is 67.1.